The smallest absolute Gasteiger partial charge is 0.305 e. The molecule has 0 spiro atoms. The molecule has 45 heavy (non-hydrogen) atoms. The summed E-state index contributed by atoms with van der Waals surface area (Å²) >= 11 is 0. The fraction of sp³-hybridized carbons (Fsp3) is 0.387. The van der Waals surface area contributed by atoms with E-state index in [0.717, 1.165) is 0 Å². The average Bonchev–Trinajstić information content (AvgIpc) is 3.64. The molecule has 1 aliphatic rings. The van der Waals surface area contributed by atoms with E-state index in [0.29, 0.717) is 28.0 Å². The van der Waals surface area contributed by atoms with E-state index in [2.05, 4.69) is 21.3 Å². The minimum atomic E-state index is -1.63. The first-order valence-corrected chi connectivity index (χ1v) is 14.4. The van der Waals surface area contributed by atoms with Crippen molar-refractivity contribution in [1.82, 2.24) is 21.3 Å². The highest BCUT2D eigenvalue weighted by molar-refractivity contribution is 6.00. The van der Waals surface area contributed by atoms with Crippen LogP contribution in [0.3, 0.4) is 0 Å². The maximum Gasteiger partial charge on any atom is 0.305 e. The van der Waals surface area contributed by atoms with Crippen LogP contribution < -0.4 is 30.7 Å². The summed E-state index contributed by atoms with van der Waals surface area (Å²) in [5, 5.41) is 30.4. The first kappa shape index (κ1) is 32.8. The number of aliphatic carboxylic acids is 1. The maximum absolute atomic E-state index is 13.3. The van der Waals surface area contributed by atoms with Crippen molar-refractivity contribution in [1.29, 1.82) is 0 Å². The SMILES string of the molecule is CC(C)C[C@H](NC(=O)c1cc2ccccc2o1)C(=O)N[C@@H](CC(=O)O)C(=O)N[C@H](C(=O)NCc1ccc2c(c1)OCO2)[C@@H](C)O. The minimum Gasteiger partial charge on any atom is -0.481 e. The van der Waals surface area contributed by atoms with Gasteiger partial charge in [-0.2, -0.15) is 0 Å². The maximum atomic E-state index is 13.3. The van der Waals surface area contributed by atoms with Gasteiger partial charge in [0.15, 0.2) is 17.3 Å². The summed E-state index contributed by atoms with van der Waals surface area (Å²) in [6, 6.07) is 9.35. The minimum absolute atomic E-state index is 0.0240. The second-order valence-corrected chi connectivity index (χ2v) is 11.1. The number of carboxylic acid groups (broad SMARTS) is 1. The zero-order chi connectivity index (χ0) is 32.7. The van der Waals surface area contributed by atoms with Gasteiger partial charge < -0.3 is 45.4 Å². The fourth-order valence-corrected chi connectivity index (χ4v) is 4.69. The van der Waals surface area contributed by atoms with Crippen LogP contribution in [0.5, 0.6) is 11.5 Å². The topological polar surface area (TPSA) is 206 Å². The number of aliphatic hydroxyl groups is 1. The third-order valence-electron chi connectivity index (χ3n) is 6.96. The molecule has 2 heterocycles. The largest absolute Gasteiger partial charge is 0.481 e. The Balaban J connectivity index is 1.42. The molecule has 0 fully saturated rings. The van der Waals surface area contributed by atoms with Gasteiger partial charge in [-0.25, -0.2) is 0 Å². The molecular weight excluding hydrogens is 588 g/mol. The molecule has 1 aliphatic heterocycles. The van der Waals surface area contributed by atoms with Gasteiger partial charge in [0.05, 0.1) is 12.5 Å². The van der Waals surface area contributed by atoms with E-state index < -0.39 is 60.2 Å². The van der Waals surface area contributed by atoms with Crippen LogP contribution in [0.25, 0.3) is 11.0 Å². The normalized spacial score (nSPS) is 14.7. The molecule has 14 heteroatoms. The molecule has 3 aromatic rings. The number of carbonyl (C=O) groups is 5. The van der Waals surface area contributed by atoms with Crippen molar-refractivity contribution in [3.05, 3.63) is 59.9 Å². The highest BCUT2D eigenvalue weighted by Gasteiger charge is 2.33. The van der Waals surface area contributed by atoms with Crippen molar-refractivity contribution in [3.8, 4) is 11.5 Å². The van der Waals surface area contributed by atoms with E-state index in [9.17, 15) is 34.2 Å². The van der Waals surface area contributed by atoms with Gasteiger partial charge >= 0.3 is 5.97 Å². The molecule has 0 aliphatic carbocycles. The summed E-state index contributed by atoms with van der Waals surface area (Å²) in [4.78, 5) is 64.1. The number of para-hydroxylation sites is 1. The molecule has 0 saturated heterocycles. The Hall–Kier alpha value is -5.11. The molecular formula is C31H36N4O10. The number of rotatable bonds is 14. The quantitative estimate of drug-likeness (QED) is 0.152. The number of benzene rings is 2. The molecule has 1 aromatic heterocycles. The highest BCUT2D eigenvalue weighted by atomic mass is 16.7. The molecule has 240 valence electrons. The standard InChI is InChI=1S/C31H36N4O10/c1-16(2)10-20(34-30(41)25-12-19-6-4-5-7-22(19)45-25)28(39)33-21(13-26(37)38)29(40)35-27(17(3)36)31(42)32-14-18-8-9-23-24(11-18)44-15-43-23/h4-9,11-12,16-17,20-21,27,36H,10,13-15H2,1-3H3,(H,32,42)(H,33,39)(H,34,41)(H,35,40)(H,37,38)/t17-,20+,21+,27+/m1/s1. The summed E-state index contributed by atoms with van der Waals surface area (Å²) in [7, 11) is 0. The second kappa shape index (κ2) is 14.6. The van der Waals surface area contributed by atoms with E-state index in [-0.39, 0.29) is 31.4 Å². The Labute approximate surface area is 258 Å². The Morgan fingerprint density at radius 2 is 1.56 bits per heavy atom. The summed E-state index contributed by atoms with van der Waals surface area (Å²) < 4.78 is 16.2. The lowest BCUT2D eigenvalue weighted by atomic mass is 10.0. The summed E-state index contributed by atoms with van der Waals surface area (Å²) in [6.45, 7) is 5.05. The van der Waals surface area contributed by atoms with Crippen LogP contribution in [-0.2, 0) is 25.7 Å². The lowest BCUT2D eigenvalue weighted by Gasteiger charge is -2.26. The summed E-state index contributed by atoms with van der Waals surface area (Å²) in [5.41, 5.74) is 1.15. The van der Waals surface area contributed by atoms with Gasteiger partial charge in [-0.3, -0.25) is 24.0 Å². The van der Waals surface area contributed by atoms with E-state index in [4.69, 9.17) is 13.9 Å². The van der Waals surface area contributed by atoms with Gasteiger partial charge in [0.2, 0.25) is 24.5 Å². The third-order valence-corrected chi connectivity index (χ3v) is 6.96. The zero-order valence-corrected chi connectivity index (χ0v) is 25.0. The van der Waals surface area contributed by atoms with Crippen molar-refractivity contribution in [2.24, 2.45) is 5.92 Å². The number of carbonyl (C=O) groups excluding carboxylic acids is 4. The van der Waals surface area contributed by atoms with Gasteiger partial charge in [0.1, 0.15) is 23.7 Å². The molecule has 14 nitrogen and oxygen atoms in total. The van der Waals surface area contributed by atoms with Crippen molar-refractivity contribution >= 4 is 40.6 Å². The van der Waals surface area contributed by atoms with Crippen molar-refractivity contribution in [2.75, 3.05) is 6.79 Å². The van der Waals surface area contributed by atoms with Crippen LogP contribution in [0.15, 0.2) is 52.9 Å². The van der Waals surface area contributed by atoms with E-state index in [1.807, 2.05) is 13.8 Å². The van der Waals surface area contributed by atoms with Gasteiger partial charge in [-0.05, 0) is 49.1 Å². The molecule has 4 amide bonds. The third kappa shape index (κ3) is 8.72. The molecule has 4 rings (SSSR count). The number of carboxylic acids is 1. The van der Waals surface area contributed by atoms with E-state index in [1.54, 1.807) is 42.5 Å². The molecule has 0 radical (unpaired) electrons. The van der Waals surface area contributed by atoms with E-state index >= 15 is 0 Å². The molecule has 4 atom stereocenters. The molecule has 6 N–H and O–H groups in total. The van der Waals surface area contributed by atoms with Crippen LogP contribution in [0.1, 0.15) is 49.7 Å². The Bertz CT molecular complexity index is 1530. The van der Waals surface area contributed by atoms with Gasteiger partial charge in [-0.1, -0.05) is 38.1 Å². The van der Waals surface area contributed by atoms with Crippen molar-refractivity contribution in [2.45, 2.75) is 64.4 Å². The first-order valence-electron chi connectivity index (χ1n) is 14.4. The molecule has 0 bridgehead atoms. The van der Waals surface area contributed by atoms with Crippen LogP contribution in [0.4, 0.5) is 0 Å². The number of ether oxygens (including phenoxy) is 2. The summed E-state index contributed by atoms with van der Waals surface area (Å²) in [5.74, 6) is -3.65. The number of aliphatic hydroxyl groups excluding tert-OH is 1. The molecule has 2 aromatic carbocycles. The highest BCUT2D eigenvalue weighted by Crippen LogP contribution is 2.32. The lowest BCUT2D eigenvalue weighted by Crippen LogP contribution is -2.59. The fourth-order valence-electron chi connectivity index (χ4n) is 4.69. The Morgan fingerprint density at radius 3 is 2.24 bits per heavy atom. The monoisotopic (exact) mass is 624 g/mol. The van der Waals surface area contributed by atoms with Crippen LogP contribution in [0.2, 0.25) is 0 Å². The van der Waals surface area contributed by atoms with Gasteiger partial charge in [-0.15, -0.1) is 0 Å². The molecule has 0 saturated carbocycles. The zero-order valence-electron chi connectivity index (χ0n) is 25.0. The number of nitrogens with one attached hydrogen (secondary N) is 4. The van der Waals surface area contributed by atoms with Gasteiger partial charge in [0.25, 0.3) is 5.91 Å². The number of hydrogen-bond acceptors (Lipinski definition) is 9. The van der Waals surface area contributed by atoms with Crippen LogP contribution >= 0.6 is 0 Å². The number of fused-ring (bicyclic) bond motifs is 2. The summed E-state index contributed by atoms with van der Waals surface area (Å²) in [6.07, 6.45) is -2.03. The Kier molecular flexibility index (Phi) is 10.6. The first-order chi connectivity index (χ1) is 21.4. The average molecular weight is 625 g/mol. The van der Waals surface area contributed by atoms with E-state index in [1.165, 1.54) is 13.0 Å². The van der Waals surface area contributed by atoms with Gasteiger partial charge in [0, 0.05) is 11.9 Å². The number of hydrogen-bond donors (Lipinski definition) is 6. The lowest BCUT2D eigenvalue weighted by molar-refractivity contribution is -0.141. The van der Waals surface area contributed by atoms with Crippen molar-refractivity contribution in [3.63, 3.8) is 0 Å². The number of amides is 4. The van der Waals surface area contributed by atoms with Crippen LogP contribution in [0, 0.1) is 5.92 Å². The Morgan fingerprint density at radius 1 is 0.844 bits per heavy atom. The number of furan rings is 1. The molecule has 0 unspecified atom stereocenters. The second-order valence-electron chi connectivity index (χ2n) is 11.1. The predicted octanol–water partition coefficient (Wildman–Crippen LogP) is 1.45. The predicted molar refractivity (Wildman–Crippen MR) is 159 cm³/mol. The van der Waals surface area contributed by atoms with Crippen LogP contribution in [-0.4, -0.2) is 70.8 Å². The van der Waals surface area contributed by atoms with Crippen molar-refractivity contribution < 1.29 is 48.1 Å².